The lowest BCUT2D eigenvalue weighted by Gasteiger charge is -2.14. The molecule has 30 heavy (non-hydrogen) atoms. The molecule has 0 radical (unpaired) electrons. The minimum Gasteiger partial charge on any atom is -0.455 e. The highest BCUT2D eigenvalue weighted by Gasteiger charge is 2.15. The van der Waals surface area contributed by atoms with E-state index in [0.717, 1.165) is 16.8 Å². The Balaban J connectivity index is 1.56. The molecule has 7 nitrogen and oxygen atoms in total. The van der Waals surface area contributed by atoms with E-state index in [9.17, 15) is 9.59 Å². The van der Waals surface area contributed by atoms with Gasteiger partial charge in [-0.1, -0.05) is 29.8 Å². The summed E-state index contributed by atoms with van der Waals surface area (Å²) in [6, 6.07) is 16.4. The van der Waals surface area contributed by atoms with Crippen LogP contribution in [0.1, 0.15) is 22.5 Å². The van der Waals surface area contributed by atoms with Crippen LogP contribution in [0.5, 0.6) is 11.5 Å². The first-order chi connectivity index (χ1) is 14.4. The molecule has 7 heteroatoms. The molecule has 0 saturated carbocycles. The van der Waals surface area contributed by atoms with E-state index < -0.39 is 0 Å². The number of carbonyl (C=O) groups excluding carboxylic acids is 1. The topological polar surface area (TPSA) is 88.5 Å². The number of hydrogen-bond acceptors (Lipinski definition) is 4. The first-order valence-corrected chi connectivity index (χ1v) is 9.62. The molecule has 2 N–H and O–H groups in total. The number of aromatic amines is 1. The number of rotatable bonds is 5. The largest absolute Gasteiger partial charge is 0.455 e. The third-order valence-electron chi connectivity index (χ3n) is 4.95. The minimum absolute atomic E-state index is 0.125. The second-order valence-corrected chi connectivity index (χ2v) is 7.21. The van der Waals surface area contributed by atoms with E-state index in [1.165, 1.54) is 6.07 Å². The van der Waals surface area contributed by atoms with Crippen LogP contribution in [0.2, 0.25) is 0 Å². The molecule has 0 aliphatic rings. The maximum atomic E-state index is 12.8. The fourth-order valence-electron chi connectivity index (χ4n) is 3.36. The Hall–Kier alpha value is -3.87. The lowest BCUT2D eigenvalue weighted by Crippen LogP contribution is -2.18. The first kappa shape index (κ1) is 19.4. The molecule has 0 atom stereocenters. The van der Waals surface area contributed by atoms with E-state index in [1.54, 1.807) is 10.6 Å². The zero-order valence-electron chi connectivity index (χ0n) is 17.0. The van der Waals surface area contributed by atoms with Crippen LogP contribution in [-0.4, -0.2) is 20.5 Å². The summed E-state index contributed by atoms with van der Waals surface area (Å²) in [5, 5.41) is 5.63. The molecule has 152 valence electrons. The van der Waals surface area contributed by atoms with Crippen molar-refractivity contribution in [3.05, 3.63) is 87.5 Å². The molecule has 2 heterocycles. The zero-order chi connectivity index (χ0) is 21.3. The highest BCUT2D eigenvalue weighted by Crippen LogP contribution is 2.29. The van der Waals surface area contributed by atoms with Crippen LogP contribution < -0.4 is 15.6 Å². The molecule has 0 fully saturated rings. The van der Waals surface area contributed by atoms with Crippen LogP contribution in [0, 0.1) is 20.8 Å². The fourth-order valence-corrected chi connectivity index (χ4v) is 3.36. The predicted octanol–water partition coefficient (Wildman–Crippen LogP) is 3.92. The van der Waals surface area contributed by atoms with Crippen molar-refractivity contribution in [2.24, 2.45) is 0 Å². The van der Waals surface area contributed by atoms with Crippen molar-refractivity contribution in [3.63, 3.8) is 0 Å². The van der Waals surface area contributed by atoms with E-state index in [2.05, 4.69) is 15.4 Å². The maximum absolute atomic E-state index is 12.8. The van der Waals surface area contributed by atoms with Crippen molar-refractivity contribution in [2.45, 2.75) is 27.2 Å². The van der Waals surface area contributed by atoms with Gasteiger partial charge in [0.05, 0.1) is 12.1 Å². The molecule has 0 unspecified atom stereocenters. The lowest BCUT2D eigenvalue weighted by atomic mass is 10.1. The van der Waals surface area contributed by atoms with Gasteiger partial charge in [-0.3, -0.25) is 14.7 Å². The van der Waals surface area contributed by atoms with Gasteiger partial charge in [0.15, 0.2) is 11.4 Å². The zero-order valence-corrected chi connectivity index (χ0v) is 17.0. The number of ether oxygens (including phenoxy) is 1. The van der Waals surface area contributed by atoms with Gasteiger partial charge in [0.1, 0.15) is 5.75 Å². The monoisotopic (exact) mass is 402 g/mol. The van der Waals surface area contributed by atoms with Gasteiger partial charge in [0, 0.05) is 23.0 Å². The summed E-state index contributed by atoms with van der Waals surface area (Å²) in [4.78, 5) is 28.8. The van der Waals surface area contributed by atoms with Gasteiger partial charge >= 0.3 is 0 Å². The van der Waals surface area contributed by atoms with E-state index in [4.69, 9.17) is 4.74 Å². The number of H-pyrrole nitrogens is 1. The number of hydrogen-bond donors (Lipinski definition) is 2. The smallest absolute Gasteiger partial charge is 0.266 e. The number of nitrogens with zero attached hydrogens (tertiary/aromatic N) is 2. The van der Waals surface area contributed by atoms with E-state index >= 15 is 0 Å². The third-order valence-corrected chi connectivity index (χ3v) is 4.95. The SMILES string of the molecule is Cc1ccc(Oc2ccccc2NC(=O)Cc2c(C)nc3cc(=O)[nH]n3c2C)cc1. The average molecular weight is 402 g/mol. The molecular formula is C23H22N4O3. The average Bonchev–Trinajstić information content (AvgIpc) is 3.09. The summed E-state index contributed by atoms with van der Waals surface area (Å²) in [7, 11) is 0. The van der Waals surface area contributed by atoms with Crippen LogP contribution in [-0.2, 0) is 11.2 Å². The number of amides is 1. The lowest BCUT2D eigenvalue weighted by molar-refractivity contribution is -0.115. The molecule has 0 aliphatic carbocycles. The van der Waals surface area contributed by atoms with Crippen molar-refractivity contribution in [1.82, 2.24) is 14.6 Å². The number of carbonyl (C=O) groups is 1. The van der Waals surface area contributed by atoms with Crippen molar-refractivity contribution >= 4 is 17.2 Å². The van der Waals surface area contributed by atoms with Gasteiger partial charge in [-0.25, -0.2) is 9.50 Å². The second kappa shape index (κ2) is 7.87. The normalized spacial score (nSPS) is 10.9. The van der Waals surface area contributed by atoms with Crippen molar-refractivity contribution in [3.8, 4) is 11.5 Å². The number of nitrogens with one attached hydrogen (secondary N) is 2. The maximum Gasteiger partial charge on any atom is 0.266 e. The Morgan fingerprint density at radius 2 is 1.83 bits per heavy atom. The molecule has 2 aromatic heterocycles. The predicted molar refractivity (Wildman–Crippen MR) is 115 cm³/mol. The number of fused-ring (bicyclic) bond motifs is 1. The third kappa shape index (κ3) is 3.96. The second-order valence-electron chi connectivity index (χ2n) is 7.21. The number of aryl methyl sites for hydroxylation is 3. The number of aromatic nitrogens is 3. The highest BCUT2D eigenvalue weighted by molar-refractivity contribution is 5.94. The molecular weight excluding hydrogens is 380 g/mol. The molecule has 4 rings (SSSR count). The minimum atomic E-state index is -0.228. The molecule has 0 aliphatic heterocycles. The molecule has 0 saturated heterocycles. The van der Waals surface area contributed by atoms with Crippen LogP contribution in [0.3, 0.4) is 0 Å². The summed E-state index contributed by atoms with van der Waals surface area (Å²) in [6.07, 6.45) is 0.125. The van der Waals surface area contributed by atoms with Gasteiger partial charge in [0.25, 0.3) is 5.56 Å². The van der Waals surface area contributed by atoms with Crippen molar-refractivity contribution < 1.29 is 9.53 Å². The highest BCUT2D eigenvalue weighted by atomic mass is 16.5. The molecule has 0 spiro atoms. The van der Waals surface area contributed by atoms with E-state index in [1.807, 2.05) is 63.2 Å². The first-order valence-electron chi connectivity index (χ1n) is 9.62. The van der Waals surface area contributed by atoms with Crippen LogP contribution in [0.4, 0.5) is 5.69 Å². The quantitative estimate of drug-likeness (QED) is 0.530. The Kier molecular flexibility index (Phi) is 5.10. The van der Waals surface area contributed by atoms with Gasteiger partial charge in [-0.05, 0) is 45.0 Å². The summed E-state index contributed by atoms with van der Waals surface area (Å²) in [5.41, 5.74) is 4.30. The Morgan fingerprint density at radius 3 is 2.60 bits per heavy atom. The molecule has 2 aromatic carbocycles. The molecule has 4 aromatic rings. The van der Waals surface area contributed by atoms with E-state index in [-0.39, 0.29) is 17.9 Å². The van der Waals surface area contributed by atoms with Crippen molar-refractivity contribution in [2.75, 3.05) is 5.32 Å². The van der Waals surface area contributed by atoms with Crippen LogP contribution in [0.25, 0.3) is 5.65 Å². The Morgan fingerprint density at radius 1 is 1.10 bits per heavy atom. The Labute approximate surface area is 173 Å². The van der Waals surface area contributed by atoms with Gasteiger partial charge in [-0.2, -0.15) is 0 Å². The summed E-state index contributed by atoms with van der Waals surface area (Å²) in [5.74, 6) is 1.06. The van der Waals surface area contributed by atoms with E-state index in [0.29, 0.717) is 28.5 Å². The van der Waals surface area contributed by atoms with Crippen LogP contribution in [0.15, 0.2) is 59.4 Å². The summed E-state index contributed by atoms with van der Waals surface area (Å²) in [6.45, 7) is 5.70. The number of benzene rings is 2. The Bertz CT molecular complexity index is 1290. The van der Waals surface area contributed by atoms with Gasteiger partial charge < -0.3 is 10.1 Å². The summed E-state index contributed by atoms with van der Waals surface area (Å²) < 4.78 is 7.56. The molecule has 0 bridgehead atoms. The van der Waals surface area contributed by atoms with Gasteiger partial charge in [0.2, 0.25) is 5.91 Å². The fraction of sp³-hybridized carbons (Fsp3) is 0.174. The standard InChI is InChI=1S/C23H22N4O3/c1-14-8-10-17(11-9-14)30-20-7-5-4-6-19(20)25-22(28)12-18-15(2)24-21-13-23(29)26-27(21)16(18)3/h4-11,13H,12H2,1-3H3,(H,25,28)(H,26,29). The molecule has 1 amide bonds. The van der Waals surface area contributed by atoms with Gasteiger partial charge in [-0.15, -0.1) is 0 Å². The number of anilines is 1. The number of para-hydroxylation sites is 2. The van der Waals surface area contributed by atoms with Crippen LogP contribution >= 0.6 is 0 Å². The van der Waals surface area contributed by atoms with Crippen molar-refractivity contribution in [1.29, 1.82) is 0 Å². The summed E-state index contributed by atoms with van der Waals surface area (Å²) >= 11 is 0.